The molecular weight excluding hydrogens is 266 g/mol. The molecule has 110 valence electrons. The molecule has 0 radical (unpaired) electrons. The van der Waals surface area contributed by atoms with Crippen LogP contribution in [0.3, 0.4) is 0 Å². The van der Waals surface area contributed by atoms with E-state index in [4.69, 9.17) is 9.47 Å². The molecule has 2 aromatic heterocycles. The van der Waals surface area contributed by atoms with Crippen LogP contribution in [0.25, 0.3) is 11.3 Å². The zero-order valence-electron chi connectivity index (χ0n) is 12.2. The Bertz CT molecular complexity index is 580. The monoisotopic (exact) mass is 285 g/mol. The molecule has 5 heteroatoms. The summed E-state index contributed by atoms with van der Waals surface area (Å²) in [6.07, 6.45) is 5.61. The van der Waals surface area contributed by atoms with Crippen molar-refractivity contribution in [2.45, 2.75) is 19.8 Å². The number of ether oxygens (including phenoxy) is 2. The Hall–Kier alpha value is -2.01. The lowest BCUT2D eigenvalue weighted by Gasteiger charge is -2.21. The molecule has 3 rings (SSSR count). The summed E-state index contributed by atoms with van der Waals surface area (Å²) in [5.41, 5.74) is 2.76. The van der Waals surface area contributed by atoms with Crippen LogP contribution in [-0.4, -0.2) is 34.8 Å². The zero-order valence-corrected chi connectivity index (χ0v) is 12.2. The van der Waals surface area contributed by atoms with Gasteiger partial charge >= 0.3 is 6.01 Å². The van der Waals surface area contributed by atoms with Crippen LogP contribution in [0.4, 0.5) is 0 Å². The van der Waals surface area contributed by atoms with Crippen LogP contribution in [-0.2, 0) is 4.74 Å². The minimum atomic E-state index is 0.429. The van der Waals surface area contributed by atoms with Gasteiger partial charge in [-0.25, -0.2) is 9.97 Å². The van der Waals surface area contributed by atoms with Crippen LogP contribution in [0, 0.1) is 12.8 Å². The highest BCUT2D eigenvalue weighted by atomic mass is 16.5. The Labute approximate surface area is 124 Å². The first-order valence-electron chi connectivity index (χ1n) is 7.28. The molecule has 21 heavy (non-hydrogen) atoms. The van der Waals surface area contributed by atoms with Gasteiger partial charge in [0.15, 0.2) is 0 Å². The van der Waals surface area contributed by atoms with Gasteiger partial charge in [0.2, 0.25) is 0 Å². The van der Waals surface area contributed by atoms with Crippen molar-refractivity contribution in [3.05, 3.63) is 36.3 Å². The highest BCUT2D eigenvalue weighted by Crippen LogP contribution is 2.18. The molecule has 3 heterocycles. The standard InChI is InChI=1S/C16H19N3O2/c1-12-3-2-4-15(19-12)14-9-17-16(18-10-14)21-11-13-5-7-20-8-6-13/h2-4,9-10,13H,5-8,11H2,1H3. The molecule has 0 spiro atoms. The predicted molar refractivity (Wildman–Crippen MR) is 79.0 cm³/mol. The molecule has 2 aromatic rings. The van der Waals surface area contributed by atoms with Crippen molar-refractivity contribution >= 4 is 0 Å². The van der Waals surface area contributed by atoms with Crippen LogP contribution in [0.15, 0.2) is 30.6 Å². The van der Waals surface area contributed by atoms with E-state index < -0.39 is 0 Å². The molecule has 0 saturated carbocycles. The summed E-state index contributed by atoms with van der Waals surface area (Å²) in [7, 11) is 0. The molecule has 1 aliphatic heterocycles. The van der Waals surface area contributed by atoms with Crippen LogP contribution in [0.2, 0.25) is 0 Å². The summed E-state index contributed by atoms with van der Waals surface area (Å²) in [4.78, 5) is 13.0. The Morgan fingerprint density at radius 1 is 1.19 bits per heavy atom. The molecule has 5 nitrogen and oxygen atoms in total. The molecule has 1 aliphatic rings. The Morgan fingerprint density at radius 2 is 1.95 bits per heavy atom. The maximum atomic E-state index is 5.66. The second kappa shape index (κ2) is 6.63. The van der Waals surface area contributed by atoms with Gasteiger partial charge < -0.3 is 9.47 Å². The summed E-state index contributed by atoms with van der Waals surface area (Å²) in [5.74, 6) is 0.542. The number of aryl methyl sites for hydroxylation is 1. The molecule has 0 unspecified atom stereocenters. The molecule has 0 atom stereocenters. The van der Waals surface area contributed by atoms with E-state index in [1.54, 1.807) is 12.4 Å². The van der Waals surface area contributed by atoms with Crippen molar-refractivity contribution in [3.63, 3.8) is 0 Å². The minimum absolute atomic E-state index is 0.429. The van der Waals surface area contributed by atoms with Gasteiger partial charge in [0.25, 0.3) is 0 Å². The lowest BCUT2D eigenvalue weighted by molar-refractivity contribution is 0.0482. The van der Waals surface area contributed by atoms with Crippen LogP contribution in [0.1, 0.15) is 18.5 Å². The number of rotatable bonds is 4. The third-order valence-electron chi connectivity index (χ3n) is 3.60. The van der Waals surface area contributed by atoms with E-state index in [9.17, 15) is 0 Å². The molecule has 1 saturated heterocycles. The van der Waals surface area contributed by atoms with Crippen molar-refractivity contribution in [3.8, 4) is 17.3 Å². The first-order valence-corrected chi connectivity index (χ1v) is 7.28. The average molecular weight is 285 g/mol. The van der Waals surface area contributed by atoms with Gasteiger partial charge in [0.1, 0.15) is 0 Å². The smallest absolute Gasteiger partial charge is 0.316 e. The number of hydrogen-bond donors (Lipinski definition) is 0. The summed E-state index contributed by atoms with van der Waals surface area (Å²) >= 11 is 0. The average Bonchev–Trinajstić information content (AvgIpc) is 2.54. The fraction of sp³-hybridized carbons (Fsp3) is 0.438. The van der Waals surface area contributed by atoms with E-state index in [2.05, 4.69) is 15.0 Å². The van der Waals surface area contributed by atoms with Crippen molar-refractivity contribution in [2.75, 3.05) is 19.8 Å². The van der Waals surface area contributed by atoms with E-state index in [0.717, 1.165) is 43.0 Å². The van der Waals surface area contributed by atoms with Gasteiger partial charge in [-0.15, -0.1) is 0 Å². The maximum Gasteiger partial charge on any atom is 0.316 e. The van der Waals surface area contributed by atoms with Gasteiger partial charge in [0.05, 0.1) is 12.3 Å². The SMILES string of the molecule is Cc1cccc(-c2cnc(OCC3CCOCC3)nc2)n1. The van der Waals surface area contributed by atoms with E-state index in [1.165, 1.54) is 0 Å². The van der Waals surface area contributed by atoms with E-state index in [1.807, 2.05) is 25.1 Å². The van der Waals surface area contributed by atoms with E-state index in [0.29, 0.717) is 18.5 Å². The second-order valence-electron chi connectivity index (χ2n) is 5.29. The minimum Gasteiger partial charge on any atom is -0.463 e. The largest absolute Gasteiger partial charge is 0.463 e. The van der Waals surface area contributed by atoms with Crippen LogP contribution >= 0.6 is 0 Å². The second-order valence-corrected chi connectivity index (χ2v) is 5.29. The highest BCUT2D eigenvalue weighted by Gasteiger charge is 2.15. The van der Waals surface area contributed by atoms with Crippen molar-refractivity contribution in [1.82, 2.24) is 15.0 Å². The third-order valence-corrected chi connectivity index (χ3v) is 3.60. The molecule has 0 aromatic carbocycles. The number of nitrogens with zero attached hydrogens (tertiary/aromatic N) is 3. The first-order chi connectivity index (χ1) is 10.3. The summed E-state index contributed by atoms with van der Waals surface area (Å²) in [6.45, 7) is 4.28. The lowest BCUT2D eigenvalue weighted by atomic mass is 10.0. The summed E-state index contributed by atoms with van der Waals surface area (Å²) < 4.78 is 11.0. The Balaban J connectivity index is 1.61. The summed E-state index contributed by atoms with van der Waals surface area (Å²) in [5, 5.41) is 0. The lowest BCUT2D eigenvalue weighted by Crippen LogP contribution is -2.21. The zero-order chi connectivity index (χ0) is 14.5. The summed E-state index contributed by atoms with van der Waals surface area (Å²) in [6, 6.07) is 6.33. The highest BCUT2D eigenvalue weighted by molar-refractivity contribution is 5.56. The van der Waals surface area contributed by atoms with Crippen LogP contribution < -0.4 is 4.74 Å². The van der Waals surface area contributed by atoms with Gasteiger partial charge in [-0.3, -0.25) is 4.98 Å². The van der Waals surface area contributed by atoms with Crippen molar-refractivity contribution in [2.24, 2.45) is 5.92 Å². The normalized spacial score (nSPS) is 15.9. The van der Waals surface area contributed by atoms with Gasteiger partial charge in [0, 0.05) is 36.9 Å². The van der Waals surface area contributed by atoms with Crippen molar-refractivity contribution < 1.29 is 9.47 Å². The van der Waals surface area contributed by atoms with E-state index >= 15 is 0 Å². The predicted octanol–water partition coefficient (Wildman–Crippen LogP) is 2.65. The van der Waals surface area contributed by atoms with E-state index in [-0.39, 0.29) is 0 Å². The topological polar surface area (TPSA) is 57.1 Å². The Kier molecular flexibility index (Phi) is 4.40. The number of aromatic nitrogens is 3. The molecule has 1 fully saturated rings. The molecule has 0 bridgehead atoms. The molecule has 0 N–H and O–H groups in total. The first kappa shape index (κ1) is 13.9. The third kappa shape index (κ3) is 3.76. The number of hydrogen-bond acceptors (Lipinski definition) is 5. The van der Waals surface area contributed by atoms with Gasteiger partial charge in [-0.2, -0.15) is 0 Å². The fourth-order valence-corrected chi connectivity index (χ4v) is 2.33. The quantitative estimate of drug-likeness (QED) is 0.864. The van der Waals surface area contributed by atoms with Gasteiger partial charge in [-0.05, 0) is 37.8 Å². The molecular formula is C16H19N3O2. The Morgan fingerprint density at radius 3 is 2.67 bits per heavy atom. The maximum absolute atomic E-state index is 5.66. The molecule has 0 aliphatic carbocycles. The van der Waals surface area contributed by atoms with Crippen molar-refractivity contribution in [1.29, 1.82) is 0 Å². The van der Waals surface area contributed by atoms with Gasteiger partial charge in [-0.1, -0.05) is 6.07 Å². The molecule has 0 amide bonds. The van der Waals surface area contributed by atoms with Crippen LogP contribution in [0.5, 0.6) is 6.01 Å². The number of pyridine rings is 1. The fourth-order valence-electron chi connectivity index (χ4n) is 2.33.